The Kier molecular flexibility index (Phi) is 11.8. The minimum atomic E-state index is -0.0488. The molecule has 6 aromatic carbocycles. The number of hydrogen-bond donors (Lipinski definition) is 0. The Bertz CT molecular complexity index is 2610. The van der Waals surface area contributed by atoms with Crippen LogP contribution in [0.1, 0.15) is 45.7 Å². The van der Waals surface area contributed by atoms with Gasteiger partial charge in [0.25, 0.3) is 0 Å². The van der Waals surface area contributed by atoms with E-state index in [4.69, 9.17) is 9.40 Å². The Balaban J connectivity index is 0.000000326. The fourth-order valence-corrected chi connectivity index (χ4v) is 7.27. The van der Waals surface area contributed by atoms with E-state index in [-0.39, 0.29) is 25.5 Å². The number of nitrogens with zero attached hydrogens (tertiary/aromatic N) is 3. The second-order valence-corrected chi connectivity index (χ2v) is 15.7. The zero-order chi connectivity index (χ0) is 38.6. The second kappa shape index (κ2) is 17.1. The van der Waals surface area contributed by atoms with Crippen LogP contribution in [0.5, 0.6) is 0 Å². The van der Waals surface area contributed by atoms with Gasteiger partial charge in [0.05, 0.1) is 22.5 Å². The third kappa shape index (κ3) is 8.46. The van der Waals surface area contributed by atoms with E-state index in [0.29, 0.717) is 5.92 Å². The van der Waals surface area contributed by atoms with Gasteiger partial charge in [0.1, 0.15) is 0 Å². The number of benzene rings is 6. The molecular weight excluding hydrogens is 875 g/mol. The molecule has 0 saturated carbocycles. The van der Waals surface area contributed by atoms with Gasteiger partial charge >= 0.3 is 0 Å². The van der Waals surface area contributed by atoms with E-state index in [2.05, 4.69) is 172 Å². The van der Waals surface area contributed by atoms with Crippen LogP contribution in [0.3, 0.4) is 0 Å². The van der Waals surface area contributed by atoms with E-state index in [0.717, 1.165) is 79.0 Å². The van der Waals surface area contributed by atoms with E-state index in [1.165, 1.54) is 11.1 Å². The van der Waals surface area contributed by atoms with Crippen LogP contribution in [0.2, 0.25) is 0 Å². The van der Waals surface area contributed by atoms with Crippen molar-refractivity contribution >= 4 is 22.0 Å². The molecule has 0 aliphatic heterocycles. The van der Waals surface area contributed by atoms with E-state index < -0.39 is 0 Å². The van der Waals surface area contributed by atoms with Gasteiger partial charge in [-0.2, -0.15) is 0 Å². The largest absolute Gasteiger partial charge is 0.557 e. The van der Waals surface area contributed by atoms with Gasteiger partial charge < -0.3 is 14.0 Å². The molecule has 0 unspecified atom stereocenters. The molecule has 0 aliphatic carbocycles. The van der Waals surface area contributed by atoms with Gasteiger partial charge in [-0.3, -0.25) is 4.98 Å². The molecule has 9 aromatic rings. The van der Waals surface area contributed by atoms with Crippen molar-refractivity contribution in [1.82, 2.24) is 14.5 Å². The van der Waals surface area contributed by atoms with Crippen LogP contribution in [-0.2, 0) is 31.9 Å². The predicted octanol–water partition coefficient (Wildman–Crippen LogP) is 13.6. The molecule has 3 heterocycles. The fourth-order valence-electron chi connectivity index (χ4n) is 7.27. The first-order chi connectivity index (χ1) is 27.2. The van der Waals surface area contributed by atoms with Gasteiger partial charge in [0, 0.05) is 49.3 Å². The summed E-state index contributed by atoms with van der Waals surface area (Å²) in [5.74, 6) is 1.38. The zero-order valence-electron chi connectivity index (χ0n) is 33.0. The molecule has 4 nitrogen and oxygen atoms in total. The van der Waals surface area contributed by atoms with Crippen molar-refractivity contribution in [1.29, 1.82) is 0 Å². The van der Waals surface area contributed by atoms with Crippen LogP contribution in [0, 0.1) is 18.2 Å². The zero-order valence-corrected chi connectivity index (χ0v) is 35.4. The van der Waals surface area contributed by atoms with Crippen LogP contribution < -0.4 is 0 Å². The number of hydrogen-bond acceptors (Lipinski definition) is 3. The smallest absolute Gasteiger partial charge is 0.0774 e. The van der Waals surface area contributed by atoms with Crippen LogP contribution >= 0.6 is 0 Å². The van der Waals surface area contributed by atoms with Gasteiger partial charge in [0.15, 0.2) is 0 Å². The average Bonchev–Trinajstić information content (AvgIpc) is 3.82. The van der Waals surface area contributed by atoms with E-state index in [1.54, 1.807) is 6.20 Å². The predicted molar refractivity (Wildman–Crippen MR) is 232 cm³/mol. The first kappa shape index (κ1) is 39.4. The summed E-state index contributed by atoms with van der Waals surface area (Å²) in [4.78, 5) is 9.50. The Labute approximate surface area is 349 Å². The Hall–Kier alpha value is -5.87. The average molecular weight is 920 g/mol. The number of aromatic nitrogens is 3. The van der Waals surface area contributed by atoms with Crippen molar-refractivity contribution in [2.24, 2.45) is 5.92 Å². The third-order valence-electron chi connectivity index (χ3n) is 10.0. The van der Waals surface area contributed by atoms with Crippen molar-refractivity contribution in [3.05, 3.63) is 187 Å². The first-order valence-corrected chi connectivity index (χ1v) is 19.3. The minimum absolute atomic E-state index is 0. The molecule has 9 rings (SSSR count). The molecule has 5 heteroatoms. The molecule has 0 spiro atoms. The number of pyridine rings is 1. The minimum Gasteiger partial charge on any atom is -0.557 e. The summed E-state index contributed by atoms with van der Waals surface area (Å²) < 4.78 is 8.40. The number of imidazole rings is 1. The Morgan fingerprint density at radius 3 is 1.96 bits per heavy atom. The summed E-state index contributed by atoms with van der Waals surface area (Å²) >= 11 is 0. The van der Waals surface area contributed by atoms with Crippen LogP contribution in [0.4, 0.5) is 0 Å². The summed E-state index contributed by atoms with van der Waals surface area (Å²) in [6.45, 7) is 11.4. The van der Waals surface area contributed by atoms with Crippen molar-refractivity contribution in [2.75, 3.05) is 0 Å². The second-order valence-electron chi connectivity index (χ2n) is 15.7. The molecular formula is C52H45IrN3O-2. The van der Waals surface area contributed by atoms with Crippen molar-refractivity contribution < 1.29 is 24.5 Å². The van der Waals surface area contributed by atoms with Crippen molar-refractivity contribution in [3.63, 3.8) is 0 Å². The maximum atomic E-state index is 6.07. The van der Waals surface area contributed by atoms with Gasteiger partial charge in [-0.05, 0) is 70.5 Å². The molecule has 0 amide bonds. The van der Waals surface area contributed by atoms with Gasteiger partial charge in [-0.25, -0.2) is 0 Å². The molecule has 0 fully saturated rings. The van der Waals surface area contributed by atoms with Crippen LogP contribution in [0.25, 0.3) is 72.6 Å². The topological polar surface area (TPSA) is 43.9 Å². The molecule has 3 aromatic heterocycles. The molecule has 0 N–H and O–H groups in total. The molecule has 1 radical (unpaired) electrons. The summed E-state index contributed by atoms with van der Waals surface area (Å²) in [5, 5.41) is 1.04. The van der Waals surface area contributed by atoms with E-state index in [1.807, 2.05) is 42.5 Å². The molecule has 0 aliphatic rings. The Morgan fingerprint density at radius 2 is 1.35 bits per heavy atom. The number of furan rings is 1. The standard InChI is InChI=1S/C41H37N2O.C11H8N.Ir/c1-27(2)22-28-20-21-38-34(23-28)35(26-44-38)40-42-36-18-12-13-19-37(36)43(40)39-32(29-14-8-6-9-15-29)24-31(41(3,4)5)25-33(39)30-16-10-7-11-17-30;1-2-6-10(7-3-1)11-8-4-5-9-12-11;/h6-21,23-25,27H,22H2,1-5H3;1-6,8-9H;/q2*-1;. The number of rotatable bonds is 7. The maximum Gasteiger partial charge on any atom is 0.0774 e. The van der Waals surface area contributed by atoms with E-state index in [9.17, 15) is 0 Å². The monoisotopic (exact) mass is 920 g/mol. The third-order valence-corrected chi connectivity index (χ3v) is 10.0. The molecule has 0 saturated heterocycles. The van der Waals surface area contributed by atoms with Crippen molar-refractivity contribution in [3.8, 4) is 50.6 Å². The van der Waals surface area contributed by atoms with E-state index >= 15 is 0 Å². The number of fused-ring (bicyclic) bond motifs is 2. The molecule has 0 bridgehead atoms. The summed E-state index contributed by atoms with van der Waals surface area (Å²) in [5.41, 5.74) is 13.9. The van der Waals surface area contributed by atoms with Gasteiger partial charge in [-0.1, -0.05) is 154 Å². The fraction of sp³-hybridized carbons (Fsp3) is 0.154. The molecule has 57 heavy (non-hydrogen) atoms. The van der Waals surface area contributed by atoms with Crippen molar-refractivity contribution in [2.45, 2.75) is 46.5 Å². The van der Waals surface area contributed by atoms with Gasteiger partial charge in [-0.15, -0.1) is 35.9 Å². The van der Waals surface area contributed by atoms with Crippen LogP contribution in [-0.4, -0.2) is 14.5 Å². The number of para-hydroxylation sites is 2. The normalized spacial score (nSPS) is 11.3. The summed E-state index contributed by atoms with van der Waals surface area (Å²) in [6, 6.07) is 57.9. The molecule has 285 valence electrons. The van der Waals surface area contributed by atoms with Gasteiger partial charge in [0.2, 0.25) is 0 Å². The maximum absolute atomic E-state index is 6.07. The first-order valence-electron chi connectivity index (χ1n) is 19.3. The SMILES string of the molecule is CC(C)Cc1ccc2o[c-]c(-c3nc4ccccc4n3-c3c(-c4ccccc4)cc(C(C)(C)C)cc3-c3ccccc3)c2c1.[Ir].[c-]1ccccc1-c1ccccn1. The summed E-state index contributed by atoms with van der Waals surface area (Å²) in [6.07, 6.45) is 6.07. The van der Waals surface area contributed by atoms with Crippen LogP contribution in [0.15, 0.2) is 168 Å². The molecule has 0 atom stereocenters. The summed E-state index contributed by atoms with van der Waals surface area (Å²) in [7, 11) is 0. The quantitative estimate of drug-likeness (QED) is 0.150. The Morgan fingerprint density at radius 1 is 0.702 bits per heavy atom.